The second-order valence-electron chi connectivity index (χ2n) is 6.60. The molecule has 0 saturated heterocycles. The molecule has 0 aromatic heterocycles. The van der Waals surface area contributed by atoms with Gasteiger partial charge in [0, 0.05) is 11.8 Å². The van der Waals surface area contributed by atoms with Gasteiger partial charge in [-0.1, -0.05) is 177 Å². The van der Waals surface area contributed by atoms with E-state index in [0.29, 0.717) is 0 Å². The van der Waals surface area contributed by atoms with Crippen LogP contribution in [0.25, 0.3) is 0 Å². The Kier molecular flexibility index (Phi) is 18.6. The van der Waals surface area contributed by atoms with Gasteiger partial charge in [0.25, 0.3) is 0 Å². The summed E-state index contributed by atoms with van der Waals surface area (Å²) in [4.78, 5) is 0. The highest BCUT2D eigenvalue weighted by Crippen LogP contribution is 2.42. The fourth-order valence-electron chi connectivity index (χ4n) is 3.80. The molecule has 0 saturated carbocycles. The van der Waals surface area contributed by atoms with E-state index in [-0.39, 0.29) is 11.8 Å². The summed E-state index contributed by atoms with van der Waals surface area (Å²) in [5, 5.41) is 0. The first-order chi connectivity index (χ1) is 16.9. The first kappa shape index (κ1) is 30.9. The summed E-state index contributed by atoms with van der Waals surface area (Å²) < 4.78 is 0. The average Bonchev–Trinajstić information content (AvgIpc) is 2.98. The molecule has 0 N–H and O–H groups in total. The number of rotatable bonds is 5. The highest BCUT2D eigenvalue weighted by molar-refractivity contribution is 5.44. The molecule has 0 nitrogen and oxygen atoms in total. The van der Waals surface area contributed by atoms with E-state index in [1.54, 1.807) is 0 Å². The van der Waals surface area contributed by atoms with Crippen LogP contribution in [-0.4, -0.2) is 0 Å². The third kappa shape index (κ3) is 9.40. The predicted molar refractivity (Wildman–Crippen MR) is 155 cm³/mol. The second kappa shape index (κ2) is 20.5. The summed E-state index contributed by atoms with van der Waals surface area (Å²) in [6.45, 7) is 16.0. The van der Waals surface area contributed by atoms with Gasteiger partial charge in [-0.05, 0) is 22.3 Å². The van der Waals surface area contributed by atoms with E-state index < -0.39 is 0 Å². The molecule has 0 heterocycles. The van der Waals surface area contributed by atoms with E-state index in [4.69, 9.17) is 0 Å². The average molecular weight is 455 g/mol. The van der Waals surface area contributed by atoms with Crippen LogP contribution in [0.1, 0.15) is 89.5 Å². The van der Waals surface area contributed by atoms with Crippen molar-refractivity contribution < 1.29 is 0 Å². The van der Waals surface area contributed by atoms with Crippen molar-refractivity contribution in [2.75, 3.05) is 0 Å². The van der Waals surface area contributed by atoms with Crippen molar-refractivity contribution >= 4 is 0 Å². The van der Waals surface area contributed by atoms with E-state index in [1.807, 2.05) is 55.4 Å². The zero-order chi connectivity index (χ0) is 25.6. The minimum absolute atomic E-state index is 0.266. The molecule has 4 rings (SSSR count). The maximum absolute atomic E-state index is 2.25. The second-order valence-corrected chi connectivity index (χ2v) is 6.60. The van der Waals surface area contributed by atoms with Crippen LogP contribution in [0.15, 0.2) is 121 Å². The summed E-state index contributed by atoms with van der Waals surface area (Å²) in [6.07, 6.45) is 0. The molecule has 0 aliphatic rings. The van der Waals surface area contributed by atoms with Gasteiger partial charge in [-0.2, -0.15) is 0 Å². The fraction of sp³-hybridized carbons (Fsp3) is 0.294. The summed E-state index contributed by atoms with van der Waals surface area (Å²) >= 11 is 0. The van der Waals surface area contributed by atoms with Crippen LogP contribution < -0.4 is 0 Å². The zero-order valence-corrected chi connectivity index (χ0v) is 22.7. The van der Waals surface area contributed by atoms with E-state index in [0.717, 1.165) is 0 Å². The molecule has 182 valence electrons. The number of benzene rings is 4. The molecule has 0 amide bonds. The van der Waals surface area contributed by atoms with Gasteiger partial charge < -0.3 is 0 Å². The van der Waals surface area contributed by atoms with E-state index in [2.05, 4.69) is 121 Å². The summed E-state index contributed by atoms with van der Waals surface area (Å²) in [5.74, 6) is 0.532. The van der Waals surface area contributed by atoms with Crippen LogP contribution in [0.3, 0.4) is 0 Å². The Hall–Kier alpha value is -3.12. The van der Waals surface area contributed by atoms with Gasteiger partial charge in [0.2, 0.25) is 0 Å². The molecule has 0 aliphatic carbocycles. The Labute approximate surface area is 210 Å². The largest absolute Gasteiger partial charge is 0.0683 e. The first-order valence-electron chi connectivity index (χ1n) is 13.1. The SMILES string of the molecule is CC.CC.CC.CC.c1ccc(C(c2ccccc2)C(c2ccccc2)c2ccccc2)cc1. The van der Waals surface area contributed by atoms with E-state index >= 15 is 0 Å². The minimum Gasteiger partial charge on any atom is -0.0683 e. The Bertz CT molecular complexity index is 753. The van der Waals surface area contributed by atoms with Crippen LogP contribution in [0, 0.1) is 0 Å². The van der Waals surface area contributed by atoms with Gasteiger partial charge in [-0.3, -0.25) is 0 Å². The normalized spacial score (nSPS) is 9.12. The molecule has 0 radical (unpaired) electrons. The first-order valence-corrected chi connectivity index (χ1v) is 13.1. The van der Waals surface area contributed by atoms with Gasteiger partial charge in [0.15, 0.2) is 0 Å². The lowest BCUT2D eigenvalue weighted by Gasteiger charge is -2.29. The molecule has 0 bridgehead atoms. The molecule has 0 fully saturated rings. The number of hydrogen-bond acceptors (Lipinski definition) is 0. The zero-order valence-electron chi connectivity index (χ0n) is 22.7. The van der Waals surface area contributed by atoms with Gasteiger partial charge in [-0.15, -0.1) is 0 Å². The molecule has 4 aromatic rings. The maximum atomic E-state index is 2.25. The molecule has 0 spiro atoms. The van der Waals surface area contributed by atoms with E-state index in [9.17, 15) is 0 Å². The molecule has 0 atom stereocenters. The lowest BCUT2D eigenvalue weighted by Crippen LogP contribution is -2.14. The maximum Gasteiger partial charge on any atom is 0.0199 e. The van der Waals surface area contributed by atoms with Crippen molar-refractivity contribution in [3.8, 4) is 0 Å². The van der Waals surface area contributed by atoms with Gasteiger partial charge in [0.05, 0.1) is 0 Å². The van der Waals surface area contributed by atoms with Crippen LogP contribution in [0.2, 0.25) is 0 Å². The highest BCUT2D eigenvalue weighted by Gasteiger charge is 2.27. The summed E-state index contributed by atoms with van der Waals surface area (Å²) in [5.41, 5.74) is 5.38. The minimum atomic E-state index is 0.266. The van der Waals surface area contributed by atoms with Crippen LogP contribution in [0.5, 0.6) is 0 Å². The number of hydrogen-bond donors (Lipinski definition) is 0. The lowest BCUT2D eigenvalue weighted by atomic mass is 9.74. The van der Waals surface area contributed by atoms with Gasteiger partial charge >= 0.3 is 0 Å². The Morgan fingerprint density at radius 3 is 0.559 bits per heavy atom. The molecular weight excluding hydrogens is 408 g/mol. The third-order valence-corrected chi connectivity index (χ3v) is 4.97. The molecule has 34 heavy (non-hydrogen) atoms. The molecule has 0 aliphatic heterocycles. The molecule has 0 heteroatoms. The van der Waals surface area contributed by atoms with Crippen molar-refractivity contribution in [3.05, 3.63) is 144 Å². The molecule has 4 aromatic carbocycles. The smallest absolute Gasteiger partial charge is 0.0199 e. The predicted octanol–water partition coefficient (Wildman–Crippen LogP) is 10.8. The summed E-state index contributed by atoms with van der Waals surface area (Å²) in [6, 6.07) is 43.4. The van der Waals surface area contributed by atoms with Crippen LogP contribution in [-0.2, 0) is 0 Å². The van der Waals surface area contributed by atoms with Gasteiger partial charge in [-0.25, -0.2) is 0 Å². The topological polar surface area (TPSA) is 0 Å². The quantitative estimate of drug-likeness (QED) is 0.281. The molecule has 0 unspecified atom stereocenters. The van der Waals surface area contributed by atoms with E-state index in [1.165, 1.54) is 22.3 Å². The standard InChI is InChI=1S/C26H22.4C2H6/c1-5-13-21(14-6-1)25(22-15-7-2-8-16-22)26(23-17-9-3-10-18-23)24-19-11-4-12-20-24;4*1-2/h1-20,25-26H;4*1-2H3. The van der Waals surface area contributed by atoms with Crippen LogP contribution >= 0.6 is 0 Å². The Balaban J connectivity index is 0.00000124. The van der Waals surface area contributed by atoms with Crippen molar-refractivity contribution in [2.24, 2.45) is 0 Å². The highest BCUT2D eigenvalue weighted by atomic mass is 14.3. The Morgan fingerprint density at radius 2 is 0.412 bits per heavy atom. The van der Waals surface area contributed by atoms with Crippen molar-refractivity contribution in [2.45, 2.75) is 67.2 Å². The van der Waals surface area contributed by atoms with Crippen molar-refractivity contribution in [3.63, 3.8) is 0 Å². The van der Waals surface area contributed by atoms with Crippen molar-refractivity contribution in [1.29, 1.82) is 0 Å². The molecular formula is C34H46. The van der Waals surface area contributed by atoms with Crippen molar-refractivity contribution in [1.82, 2.24) is 0 Å². The third-order valence-electron chi connectivity index (χ3n) is 4.97. The van der Waals surface area contributed by atoms with Gasteiger partial charge in [0.1, 0.15) is 0 Å². The lowest BCUT2D eigenvalue weighted by molar-refractivity contribution is 0.694. The Morgan fingerprint density at radius 1 is 0.265 bits per heavy atom. The fourth-order valence-corrected chi connectivity index (χ4v) is 3.80. The van der Waals surface area contributed by atoms with Crippen LogP contribution in [0.4, 0.5) is 0 Å². The monoisotopic (exact) mass is 454 g/mol. The summed E-state index contributed by atoms with van der Waals surface area (Å²) in [7, 11) is 0.